The molecule has 0 aliphatic heterocycles. The molecular formula is C14H20ClNO2. The molecule has 4 heteroatoms. The van der Waals surface area contributed by atoms with Crippen LogP contribution in [0.1, 0.15) is 31.7 Å². The van der Waals surface area contributed by atoms with Gasteiger partial charge in [0.25, 0.3) is 0 Å². The van der Waals surface area contributed by atoms with Gasteiger partial charge in [0.15, 0.2) is 0 Å². The van der Waals surface area contributed by atoms with Crippen LogP contribution in [0, 0.1) is 6.92 Å². The SMILES string of the molecule is CCOc1ccc(NC(=O)CCCCCl)c(C)c1. The highest BCUT2D eigenvalue weighted by Crippen LogP contribution is 2.21. The molecule has 0 unspecified atom stereocenters. The minimum atomic E-state index is 0.0346. The van der Waals surface area contributed by atoms with Crippen LogP contribution >= 0.6 is 11.6 Å². The fourth-order valence-corrected chi connectivity index (χ4v) is 1.81. The number of alkyl halides is 1. The van der Waals surface area contributed by atoms with E-state index in [2.05, 4.69) is 5.32 Å². The Morgan fingerprint density at radius 2 is 2.17 bits per heavy atom. The van der Waals surface area contributed by atoms with E-state index < -0.39 is 0 Å². The van der Waals surface area contributed by atoms with E-state index in [1.165, 1.54) is 0 Å². The molecule has 0 spiro atoms. The van der Waals surface area contributed by atoms with Gasteiger partial charge >= 0.3 is 0 Å². The Labute approximate surface area is 113 Å². The van der Waals surface area contributed by atoms with Crippen molar-refractivity contribution < 1.29 is 9.53 Å². The minimum Gasteiger partial charge on any atom is -0.494 e. The van der Waals surface area contributed by atoms with Crippen LogP contribution in [0.2, 0.25) is 0 Å². The van der Waals surface area contributed by atoms with E-state index in [0.29, 0.717) is 18.9 Å². The van der Waals surface area contributed by atoms with E-state index >= 15 is 0 Å². The van der Waals surface area contributed by atoms with Gasteiger partial charge in [-0.2, -0.15) is 0 Å². The third-order valence-electron chi connectivity index (χ3n) is 2.57. The Morgan fingerprint density at radius 3 is 2.78 bits per heavy atom. The van der Waals surface area contributed by atoms with E-state index in [1.807, 2.05) is 32.0 Å². The van der Waals surface area contributed by atoms with E-state index in [9.17, 15) is 4.79 Å². The smallest absolute Gasteiger partial charge is 0.224 e. The summed E-state index contributed by atoms with van der Waals surface area (Å²) in [6.07, 6.45) is 2.21. The topological polar surface area (TPSA) is 38.3 Å². The van der Waals surface area contributed by atoms with E-state index in [4.69, 9.17) is 16.3 Å². The van der Waals surface area contributed by atoms with E-state index in [0.717, 1.165) is 29.8 Å². The van der Waals surface area contributed by atoms with Crippen LogP contribution in [0.4, 0.5) is 5.69 Å². The molecule has 0 heterocycles. The lowest BCUT2D eigenvalue weighted by atomic mass is 10.1. The fraction of sp³-hybridized carbons (Fsp3) is 0.500. The highest BCUT2D eigenvalue weighted by molar-refractivity contribution is 6.17. The first kappa shape index (κ1) is 14.8. The molecule has 1 rings (SSSR count). The summed E-state index contributed by atoms with van der Waals surface area (Å²) in [5.41, 5.74) is 1.85. The molecule has 0 radical (unpaired) electrons. The number of unbranched alkanes of at least 4 members (excludes halogenated alkanes) is 1. The summed E-state index contributed by atoms with van der Waals surface area (Å²) >= 11 is 5.57. The summed E-state index contributed by atoms with van der Waals surface area (Å²) in [5.74, 6) is 1.47. The lowest BCUT2D eigenvalue weighted by Crippen LogP contribution is -2.12. The summed E-state index contributed by atoms with van der Waals surface area (Å²) in [6, 6.07) is 5.67. The molecule has 1 aromatic carbocycles. The number of benzene rings is 1. The Kier molecular flexibility index (Phi) is 6.58. The van der Waals surface area contributed by atoms with Crippen molar-refractivity contribution in [1.82, 2.24) is 0 Å². The first-order valence-electron chi connectivity index (χ1n) is 6.26. The molecule has 0 bridgehead atoms. The molecule has 0 fully saturated rings. The summed E-state index contributed by atoms with van der Waals surface area (Å²) in [6.45, 7) is 4.54. The number of ether oxygens (including phenoxy) is 1. The summed E-state index contributed by atoms with van der Waals surface area (Å²) in [7, 11) is 0. The Balaban J connectivity index is 2.53. The molecular weight excluding hydrogens is 250 g/mol. The second kappa shape index (κ2) is 7.98. The van der Waals surface area contributed by atoms with E-state index in [-0.39, 0.29) is 5.91 Å². The summed E-state index contributed by atoms with van der Waals surface area (Å²) in [4.78, 5) is 11.7. The number of hydrogen-bond donors (Lipinski definition) is 1. The van der Waals surface area contributed by atoms with Crippen molar-refractivity contribution in [2.24, 2.45) is 0 Å². The number of anilines is 1. The van der Waals surface area contributed by atoms with Crippen LogP contribution in [0.25, 0.3) is 0 Å². The molecule has 0 aliphatic rings. The molecule has 1 N–H and O–H groups in total. The normalized spacial score (nSPS) is 10.2. The predicted molar refractivity (Wildman–Crippen MR) is 75.5 cm³/mol. The standard InChI is InChI=1S/C14H20ClNO2/c1-3-18-12-7-8-13(11(2)10-12)16-14(17)6-4-5-9-15/h7-8,10H,3-6,9H2,1-2H3,(H,16,17). The van der Waals surface area contributed by atoms with Crippen LogP contribution in [-0.2, 0) is 4.79 Å². The molecule has 0 aliphatic carbocycles. The largest absolute Gasteiger partial charge is 0.494 e. The lowest BCUT2D eigenvalue weighted by molar-refractivity contribution is -0.116. The number of rotatable bonds is 7. The van der Waals surface area contributed by atoms with Gasteiger partial charge in [0.2, 0.25) is 5.91 Å². The van der Waals surface area contributed by atoms with Crippen molar-refractivity contribution in [2.75, 3.05) is 17.8 Å². The zero-order valence-electron chi connectivity index (χ0n) is 11.0. The van der Waals surface area contributed by atoms with Crippen molar-refractivity contribution in [2.45, 2.75) is 33.1 Å². The quantitative estimate of drug-likeness (QED) is 0.605. The Morgan fingerprint density at radius 1 is 1.39 bits per heavy atom. The Hall–Kier alpha value is -1.22. The van der Waals surface area contributed by atoms with Gasteiger partial charge in [-0.25, -0.2) is 0 Å². The van der Waals surface area contributed by atoms with Crippen LogP contribution < -0.4 is 10.1 Å². The lowest BCUT2D eigenvalue weighted by Gasteiger charge is -2.10. The van der Waals surface area contributed by atoms with Crippen molar-refractivity contribution in [3.05, 3.63) is 23.8 Å². The Bertz CT molecular complexity index is 393. The third kappa shape index (κ3) is 4.96. The molecule has 3 nitrogen and oxygen atoms in total. The fourth-order valence-electron chi connectivity index (χ4n) is 1.63. The number of hydrogen-bond acceptors (Lipinski definition) is 2. The average Bonchev–Trinajstić information content (AvgIpc) is 2.33. The summed E-state index contributed by atoms with van der Waals surface area (Å²) < 4.78 is 5.40. The maximum Gasteiger partial charge on any atom is 0.224 e. The molecule has 0 saturated carbocycles. The number of aryl methyl sites for hydroxylation is 1. The zero-order valence-corrected chi connectivity index (χ0v) is 11.7. The van der Waals surface area contributed by atoms with E-state index in [1.54, 1.807) is 0 Å². The van der Waals surface area contributed by atoms with Crippen molar-refractivity contribution in [3.63, 3.8) is 0 Å². The molecule has 0 atom stereocenters. The predicted octanol–water partition coefficient (Wildman–Crippen LogP) is 3.74. The van der Waals surface area contributed by atoms with Crippen molar-refractivity contribution >= 4 is 23.2 Å². The van der Waals surface area contributed by atoms with Crippen LogP contribution in [-0.4, -0.2) is 18.4 Å². The van der Waals surface area contributed by atoms with Crippen LogP contribution in [0.3, 0.4) is 0 Å². The molecule has 0 saturated heterocycles. The highest BCUT2D eigenvalue weighted by atomic mass is 35.5. The van der Waals surface area contributed by atoms with Crippen molar-refractivity contribution in [1.29, 1.82) is 0 Å². The number of nitrogens with one attached hydrogen (secondary N) is 1. The molecule has 0 aromatic heterocycles. The summed E-state index contributed by atoms with van der Waals surface area (Å²) in [5, 5.41) is 2.90. The zero-order chi connectivity index (χ0) is 13.4. The molecule has 1 amide bonds. The van der Waals surface area contributed by atoms with Gasteiger partial charge in [-0.15, -0.1) is 11.6 Å². The number of carbonyl (C=O) groups is 1. The van der Waals surface area contributed by atoms with Crippen LogP contribution in [0.15, 0.2) is 18.2 Å². The van der Waals surface area contributed by atoms with Gasteiger partial charge in [0.05, 0.1) is 6.61 Å². The van der Waals surface area contributed by atoms with Gasteiger partial charge < -0.3 is 10.1 Å². The second-order valence-corrected chi connectivity index (χ2v) is 4.48. The second-order valence-electron chi connectivity index (χ2n) is 4.10. The number of halogens is 1. The first-order chi connectivity index (χ1) is 8.67. The minimum absolute atomic E-state index is 0.0346. The van der Waals surface area contributed by atoms with Gasteiger partial charge in [0.1, 0.15) is 5.75 Å². The van der Waals surface area contributed by atoms with Gasteiger partial charge in [-0.3, -0.25) is 4.79 Å². The molecule has 100 valence electrons. The average molecular weight is 270 g/mol. The number of carbonyl (C=O) groups excluding carboxylic acids is 1. The van der Waals surface area contributed by atoms with Crippen molar-refractivity contribution in [3.8, 4) is 5.75 Å². The highest BCUT2D eigenvalue weighted by Gasteiger charge is 2.05. The first-order valence-corrected chi connectivity index (χ1v) is 6.80. The number of amides is 1. The monoisotopic (exact) mass is 269 g/mol. The third-order valence-corrected chi connectivity index (χ3v) is 2.84. The van der Waals surface area contributed by atoms with Gasteiger partial charge in [-0.05, 0) is 50.5 Å². The molecule has 1 aromatic rings. The van der Waals surface area contributed by atoms with Crippen LogP contribution in [0.5, 0.6) is 5.75 Å². The molecule has 18 heavy (non-hydrogen) atoms. The maximum atomic E-state index is 11.7. The van der Waals surface area contributed by atoms with Gasteiger partial charge in [-0.1, -0.05) is 0 Å². The van der Waals surface area contributed by atoms with Gasteiger partial charge in [0, 0.05) is 18.0 Å². The maximum absolute atomic E-state index is 11.7.